The quantitative estimate of drug-likeness (QED) is 0.549. The van der Waals surface area contributed by atoms with Crippen LogP contribution in [0.25, 0.3) is 0 Å². The molecule has 0 aromatic heterocycles. The lowest BCUT2D eigenvalue weighted by Crippen LogP contribution is -2.32. The molecule has 2 rings (SSSR count). The third-order valence-corrected chi connectivity index (χ3v) is 5.65. The molecule has 0 bridgehead atoms. The van der Waals surface area contributed by atoms with Crippen molar-refractivity contribution >= 4 is 11.9 Å². The van der Waals surface area contributed by atoms with E-state index in [0.717, 1.165) is 19.6 Å². The lowest BCUT2D eigenvalue weighted by Gasteiger charge is -2.30. The van der Waals surface area contributed by atoms with Gasteiger partial charge in [0.25, 0.3) is 0 Å². The number of nitrogens with one attached hydrogen (secondary N) is 1. The van der Waals surface area contributed by atoms with Crippen molar-refractivity contribution in [3.63, 3.8) is 0 Å². The Morgan fingerprint density at radius 3 is 1.97 bits per heavy atom. The van der Waals surface area contributed by atoms with E-state index >= 15 is 0 Å². The smallest absolute Gasteiger partial charge is 0.336 e. The first-order valence-electron chi connectivity index (χ1n) is 10.7. The fourth-order valence-electron chi connectivity index (χ4n) is 3.90. The van der Waals surface area contributed by atoms with Crippen molar-refractivity contribution < 1.29 is 28.5 Å². The zero-order valence-electron chi connectivity index (χ0n) is 20.0. The van der Waals surface area contributed by atoms with E-state index in [9.17, 15) is 9.59 Å². The van der Waals surface area contributed by atoms with Crippen molar-refractivity contribution in [2.24, 2.45) is 0 Å². The Morgan fingerprint density at radius 1 is 0.938 bits per heavy atom. The van der Waals surface area contributed by atoms with Gasteiger partial charge in [0.15, 0.2) is 11.5 Å². The molecule has 0 fully saturated rings. The molecule has 0 unspecified atom stereocenters. The molecular formula is C24H34N2O6. The number of methoxy groups -OCH3 is 3. The highest BCUT2D eigenvalue weighted by Gasteiger charge is 2.38. The number of likely N-dealkylation sites (N-methyl/N-ethyl adjacent to an activating group) is 1. The van der Waals surface area contributed by atoms with Gasteiger partial charge in [0.1, 0.15) is 6.61 Å². The maximum atomic E-state index is 12.7. The minimum atomic E-state index is -0.672. The van der Waals surface area contributed by atoms with Crippen LogP contribution >= 0.6 is 0 Å². The fourth-order valence-corrected chi connectivity index (χ4v) is 3.90. The van der Waals surface area contributed by atoms with Crippen LogP contribution < -0.4 is 14.8 Å². The van der Waals surface area contributed by atoms with E-state index in [1.807, 2.05) is 6.07 Å². The number of hydrogen-bond donors (Lipinski definition) is 1. The van der Waals surface area contributed by atoms with Crippen LogP contribution in [0.3, 0.4) is 0 Å². The molecule has 0 spiro atoms. The Bertz CT molecular complexity index is 864. The zero-order chi connectivity index (χ0) is 23.8. The molecule has 1 aliphatic heterocycles. The number of ether oxygens (including phenoxy) is 4. The van der Waals surface area contributed by atoms with E-state index in [-0.39, 0.29) is 0 Å². The van der Waals surface area contributed by atoms with Gasteiger partial charge in [0.05, 0.1) is 38.4 Å². The standard InChI is InChI=1S/C24H34N2O6/c1-8-26(9-2)12-13-32-18-11-10-17(14-19(18)29-5)22-20(23(27)30-6)15(3)25-16(4)21(22)24(28)31-7/h10-11,14,22,25H,8-9,12-13H2,1-7H3. The van der Waals surface area contributed by atoms with Crippen LogP contribution in [0.2, 0.25) is 0 Å². The molecule has 0 aliphatic carbocycles. The van der Waals surface area contributed by atoms with Crippen LogP contribution in [0.1, 0.15) is 39.2 Å². The van der Waals surface area contributed by atoms with E-state index in [0.29, 0.717) is 46.2 Å². The van der Waals surface area contributed by atoms with Crippen LogP contribution in [-0.4, -0.2) is 64.4 Å². The predicted octanol–water partition coefficient (Wildman–Crippen LogP) is 3.00. The molecule has 1 aromatic rings. The number of allylic oxidation sites excluding steroid dienone is 2. The molecule has 176 valence electrons. The molecule has 8 nitrogen and oxygen atoms in total. The molecule has 0 radical (unpaired) electrons. The first-order chi connectivity index (χ1) is 15.3. The van der Waals surface area contributed by atoms with E-state index < -0.39 is 17.9 Å². The normalized spacial score (nSPS) is 14.4. The highest BCUT2D eigenvalue weighted by Crippen LogP contribution is 2.41. The minimum absolute atomic E-state index is 0.343. The number of hydrogen-bond acceptors (Lipinski definition) is 8. The number of dihydropyridines is 1. The first kappa shape index (κ1) is 25.3. The van der Waals surface area contributed by atoms with Crippen LogP contribution in [0, 0.1) is 0 Å². The summed E-state index contributed by atoms with van der Waals surface area (Å²) in [6.45, 7) is 11.0. The van der Waals surface area contributed by atoms with Crippen LogP contribution in [-0.2, 0) is 19.1 Å². The number of benzene rings is 1. The zero-order valence-corrected chi connectivity index (χ0v) is 20.0. The molecule has 0 amide bonds. The summed E-state index contributed by atoms with van der Waals surface area (Å²) < 4.78 is 21.5. The lowest BCUT2D eigenvalue weighted by molar-refractivity contribution is -0.137. The summed E-state index contributed by atoms with van der Waals surface area (Å²) >= 11 is 0. The minimum Gasteiger partial charge on any atom is -0.493 e. The van der Waals surface area contributed by atoms with Gasteiger partial charge in [-0.05, 0) is 44.6 Å². The Balaban J connectivity index is 2.47. The van der Waals surface area contributed by atoms with Gasteiger partial charge < -0.3 is 29.2 Å². The maximum Gasteiger partial charge on any atom is 0.336 e. The molecule has 32 heavy (non-hydrogen) atoms. The van der Waals surface area contributed by atoms with E-state index in [1.54, 1.807) is 33.1 Å². The molecule has 1 N–H and O–H groups in total. The second-order valence-electron chi connectivity index (χ2n) is 7.40. The van der Waals surface area contributed by atoms with Crippen LogP contribution in [0.4, 0.5) is 0 Å². The summed E-state index contributed by atoms with van der Waals surface area (Å²) in [6, 6.07) is 5.42. The van der Waals surface area contributed by atoms with Gasteiger partial charge in [0, 0.05) is 17.9 Å². The third-order valence-electron chi connectivity index (χ3n) is 5.65. The van der Waals surface area contributed by atoms with Crippen molar-refractivity contribution in [3.05, 3.63) is 46.3 Å². The first-order valence-corrected chi connectivity index (χ1v) is 10.7. The largest absolute Gasteiger partial charge is 0.493 e. The van der Waals surface area contributed by atoms with Gasteiger partial charge in [-0.1, -0.05) is 19.9 Å². The summed E-state index contributed by atoms with van der Waals surface area (Å²) in [4.78, 5) is 27.6. The summed E-state index contributed by atoms with van der Waals surface area (Å²) in [5.41, 5.74) is 2.61. The Kier molecular flexibility index (Phi) is 9.13. The van der Waals surface area contributed by atoms with Crippen molar-refractivity contribution in [3.8, 4) is 11.5 Å². The van der Waals surface area contributed by atoms with Crippen molar-refractivity contribution in [2.45, 2.75) is 33.6 Å². The number of carbonyl (C=O) groups excluding carboxylic acids is 2. The Hall–Kier alpha value is -3.00. The predicted molar refractivity (Wildman–Crippen MR) is 122 cm³/mol. The molecule has 1 aromatic carbocycles. The Labute approximate surface area is 190 Å². The highest BCUT2D eigenvalue weighted by atomic mass is 16.5. The molecule has 8 heteroatoms. The van der Waals surface area contributed by atoms with Crippen LogP contribution in [0.15, 0.2) is 40.7 Å². The summed E-state index contributed by atoms with van der Waals surface area (Å²) in [5, 5.41) is 3.10. The summed E-state index contributed by atoms with van der Waals surface area (Å²) in [6.07, 6.45) is 0. The van der Waals surface area contributed by atoms with E-state index in [4.69, 9.17) is 18.9 Å². The maximum absolute atomic E-state index is 12.7. The summed E-state index contributed by atoms with van der Waals surface area (Å²) in [5.74, 6) is -0.600. The fraction of sp³-hybridized carbons (Fsp3) is 0.500. The van der Waals surface area contributed by atoms with E-state index in [2.05, 4.69) is 24.1 Å². The molecule has 1 heterocycles. The van der Waals surface area contributed by atoms with Crippen molar-refractivity contribution in [1.82, 2.24) is 10.2 Å². The lowest BCUT2D eigenvalue weighted by atomic mass is 9.80. The van der Waals surface area contributed by atoms with Gasteiger partial charge in [-0.2, -0.15) is 0 Å². The van der Waals surface area contributed by atoms with Gasteiger partial charge in [-0.25, -0.2) is 9.59 Å². The molecule has 0 atom stereocenters. The second kappa shape index (κ2) is 11.6. The number of carbonyl (C=O) groups is 2. The van der Waals surface area contributed by atoms with Gasteiger partial charge in [-0.3, -0.25) is 0 Å². The van der Waals surface area contributed by atoms with Crippen LogP contribution in [0.5, 0.6) is 11.5 Å². The highest BCUT2D eigenvalue weighted by molar-refractivity contribution is 5.99. The van der Waals surface area contributed by atoms with Gasteiger partial charge in [-0.15, -0.1) is 0 Å². The topological polar surface area (TPSA) is 86.3 Å². The SMILES string of the molecule is CCN(CC)CCOc1ccc(C2C(C(=O)OC)=C(C)NC(C)=C2C(=O)OC)cc1OC. The van der Waals surface area contributed by atoms with Crippen molar-refractivity contribution in [1.29, 1.82) is 0 Å². The molecule has 0 saturated carbocycles. The van der Waals surface area contributed by atoms with Crippen molar-refractivity contribution in [2.75, 3.05) is 47.6 Å². The number of esters is 2. The second-order valence-corrected chi connectivity index (χ2v) is 7.40. The summed E-state index contributed by atoms with van der Waals surface area (Å²) in [7, 11) is 4.19. The third kappa shape index (κ3) is 5.43. The number of nitrogens with zero attached hydrogens (tertiary/aromatic N) is 1. The number of rotatable bonds is 10. The Morgan fingerprint density at radius 2 is 1.50 bits per heavy atom. The average Bonchev–Trinajstić information content (AvgIpc) is 2.80. The van der Waals surface area contributed by atoms with Gasteiger partial charge in [0.2, 0.25) is 0 Å². The van der Waals surface area contributed by atoms with Gasteiger partial charge >= 0.3 is 11.9 Å². The molecule has 1 aliphatic rings. The monoisotopic (exact) mass is 446 g/mol. The average molecular weight is 447 g/mol. The van der Waals surface area contributed by atoms with E-state index in [1.165, 1.54) is 14.2 Å². The molecule has 0 saturated heterocycles. The molecular weight excluding hydrogens is 412 g/mol.